The Morgan fingerprint density at radius 3 is 2.97 bits per heavy atom. The maximum atomic E-state index is 13.2. The van der Waals surface area contributed by atoms with Crippen LogP contribution in [-0.2, 0) is 6.42 Å². The van der Waals surface area contributed by atoms with E-state index in [1.165, 1.54) is 0 Å². The van der Waals surface area contributed by atoms with Gasteiger partial charge in [-0.15, -0.1) is 0 Å². The van der Waals surface area contributed by atoms with Crippen molar-refractivity contribution in [2.45, 2.75) is 26.2 Å². The van der Waals surface area contributed by atoms with Gasteiger partial charge in [0.25, 0.3) is 5.91 Å². The Bertz CT molecular complexity index is 1260. The third-order valence-electron chi connectivity index (χ3n) is 6.18. The number of piperidine rings is 1. The van der Waals surface area contributed by atoms with Crippen molar-refractivity contribution in [3.05, 3.63) is 65.7 Å². The number of rotatable bonds is 5. The third kappa shape index (κ3) is 3.98. The van der Waals surface area contributed by atoms with Crippen LogP contribution in [0.3, 0.4) is 0 Å². The molecule has 1 amide bonds. The van der Waals surface area contributed by atoms with Crippen LogP contribution in [0.5, 0.6) is 5.75 Å². The highest BCUT2D eigenvalue weighted by molar-refractivity contribution is 5.98. The topological polar surface area (TPSA) is 84.2 Å². The van der Waals surface area contributed by atoms with Crippen LogP contribution in [0.1, 0.15) is 34.8 Å². The fourth-order valence-corrected chi connectivity index (χ4v) is 4.45. The van der Waals surface area contributed by atoms with E-state index in [-0.39, 0.29) is 5.91 Å². The molecule has 32 heavy (non-hydrogen) atoms. The van der Waals surface area contributed by atoms with Gasteiger partial charge in [0.2, 0.25) is 11.7 Å². The summed E-state index contributed by atoms with van der Waals surface area (Å²) in [6.45, 7) is 3.47. The lowest BCUT2D eigenvalue weighted by Gasteiger charge is -2.31. The van der Waals surface area contributed by atoms with Crippen LogP contribution < -0.4 is 4.74 Å². The minimum absolute atomic E-state index is 0.0241. The molecular weight excluding hydrogens is 404 g/mol. The highest BCUT2D eigenvalue weighted by Gasteiger charge is 2.27. The van der Waals surface area contributed by atoms with Gasteiger partial charge in [-0.05, 0) is 49.4 Å². The molecule has 7 nitrogen and oxygen atoms in total. The molecule has 0 bridgehead atoms. The van der Waals surface area contributed by atoms with Gasteiger partial charge in [0.15, 0.2) is 0 Å². The standard InChI is InChI=1S/C25H26N4O3/c1-16-6-3-4-8-20(16)24-27-23(32-28-24)12-17-7-5-11-29(15-17)25(30)22-13-18-9-10-19(31-2)14-21(18)26-22/h3-4,6,8-10,13-14,17,26H,5,7,11-12,15H2,1-2H3/t17-/m0/s1. The second kappa shape index (κ2) is 8.49. The van der Waals surface area contributed by atoms with Crippen molar-refractivity contribution in [2.75, 3.05) is 20.2 Å². The van der Waals surface area contributed by atoms with E-state index in [2.05, 4.69) is 15.1 Å². The summed E-state index contributed by atoms with van der Waals surface area (Å²) < 4.78 is 10.8. The van der Waals surface area contributed by atoms with E-state index in [0.29, 0.717) is 36.3 Å². The van der Waals surface area contributed by atoms with Crippen molar-refractivity contribution in [3.63, 3.8) is 0 Å². The second-order valence-corrected chi connectivity index (χ2v) is 8.43. The minimum Gasteiger partial charge on any atom is -0.497 e. The maximum absolute atomic E-state index is 13.2. The monoisotopic (exact) mass is 430 g/mol. The van der Waals surface area contributed by atoms with Crippen LogP contribution >= 0.6 is 0 Å². The number of fused-ring (bicyclic) bond motifs is 1. The number of nitrogens with zero attached hydrogens (tertiary/aromatic N) is 3. The number of ether oxygens (including phenoxy) is 1. The molecule has 1 fully saturated rings. The van der Waals surface area contributed by atoms with Crippen LogP contribution in [0.15, 0.2) is 53.1 Å². The Balaban J connectivity index is 1.28. The number of H-pyrrole nitrogens is 1. The van der Waals surface area contributed by atoms with Gasteiger partial charge in [0, 0.05) is 42.0 Å². The Kier molecular flexibility index (Phi) is 5.39. The molecule has 1 atom stereocenters. The summed E-state index contributed by atoms with van der Waals surface area (Å²) in [5, 5.41) is 5.17. The molecule has 0 aliphatic carbocycles. The van der Waals surface area contributed by atoms with E-state index in [1.807, 2.05) is 60.4 Å². The van der Waals surface area contributed by atoms with Crippen LogP contribution in [0.4, 0.5) is 0 Å². The van der Waals surface area contributed by atoms with E-state index in [0.717, 1.165) is 47.2 Å². The molecule has 0 spiro atoms. The number of aryl methyl sites for hydroxylation is 1. The van der Waals surface area contributed by atoms with Gasteiger partial charge in [-0.25, -0.2) is 0 Å². The quantitative estimate of drug-likeness (QED) is 0.499. The average molecular weight is 431 g/mol. The van der Waals surface area contributed by atoms with Crippen molar-refractivity contribution in [1.82, 2.24) is 20.0 Å². The normalized spacial score (nSPS) is 16.4. The SMILES string of the molecule is COc1ccc2cc(C(=O)N3CCC[C@@H](Cc4nc(-c5ccccc5C)no4)C3)[nH]c2c1. The number of aromatic amines is 1. The van der Waals surface area contributed by atoms with Gasteiger partial charge in [0.05, 0.1) is 7.11 Å². The molecule has 4 aromatic rings. The Morgan fingerprint density at radius 2 is 2.12 bits per heavy atom. The lowest BCUT2D eigenvalue weighted by Crippen LogP contribution is -2.40. The number of aromatic nitrogens is 3. The van der Waals surface area contributed by atoms with Crippen molar-refractivity contribution in [2.24, 2.45) is 5.92 Å². The van der Waals surface area contributed by atoms with Crippen molar-refractivity contribution in [1.29, 1.82) is 0 Å². The lowest BCUT2D eigenvalue weighted by atomic mass is 9.94. The molecule has 2 aromatic carbocycles. The molecule has 1 aliphatic rings. The first-order chi connectivity index (χ1) is 15.6. The Morgan fingerprint density at radius 1 is 1.25 bits per heavy atom. The Labute approximate surface area is 186 Å². The molecule has 1 N–H and O–H groups in total. The lowest BCUT2D eigenvalue weighted by molar-refractivity contribution is 0.0663. The van der Waals surface area contributed by atoms with E-state index in [4.69, 9.17) is 9.26 Å². The van der Waals surface area contributed by atoms with Crippen LogP contribution in [0.25, 0.3) is 22.3 Å². The van der Waals surface area contributed by atoms with E-state index >= 15 is 0 Å². The number of methoxy groups -OCH3 is 1. The molecular formula is C25H26N4O3. The van der Waals surface area contributed by atoms with E-state index in [1.54, 1.807) is 7.11 Å². The number of amides is 1. The fourth-order valence-electron chi connectivity index (χ4n) is 4.45. The summed E-state index contributed by atoms with van der Waals surface area (Å²) in [5.41, 5.74) is 3.60. The van der Waals surface area contributed by atoms with Gasteiger partial charge >= 0.3 is 0 Å². The first-order valence-electron chi connectivity index (χ1n) is 11.0. The number of nitrogens with one attached hydrogen (secondary N) is 1. The molecule has 1 saturated heterocycles. The largest absolute Gasteiger partial charge is 0.497 e. The molecule has 1 aliphatic heterocycles. The zero-order chi connectivity index (χ0) is 22.1. The smallest absolute Gasteiger partial charge is 0.270 e. The first-order valence-corrected chi connectivity index (χ1v) is 11.0. The van der Waals surface area contributed by atoms with Gasteiger partial charge in [0.1, 0.15) is 11.4 Å². The number of hydrogen-bond acceptors (Lipinski definition) is 5. The number of hydrogen-bond donors (Lipinski definition) is 1. The summed E-state index contributed by atoms with van der Waals surface area (Å²) in [5.74, 6) is 2.33. The summed E-state index contributed by atoms with van der Waals surface area (Å²) in [4.78, 5) is 22.9. The number of carbonyl (C=O) groups is 1. The molecule has 3 heterocycles. The predicted octanol–water partition coefficient (Wildman–Crippen LogP) is 4.63. The summed E-state index contributed by atoms with van der Waals surface area (Å²) in [6.07, 6.45) is 2.67. The summed E-state index contributed by atoms with van der Waals surface area (Å²) >= 11 is 0. The summed E-state index contributed by atoms with van der Waals surface area (Å²) in [6, 6.07) is 15.7. The molecule has 0 unspecified atom stereocenters. The predicted molar refractivity (Wildman–Crippen MR) is 122 cm³/mol. The van der Waals surface area contributed by atoms with Crippen molar-refractivity contribution in [3.8, 4) is 17.1 Å². The number of likely N-dealkylation sites (tertiary alicyclic amines) is 1. The Hall–Kier alpha value is -3.61. The van der Waals surface area contributed by atoms with Gasteiger partial charge in [-0.3, -0.25) is 4.79 Å². The van der Waals surface area contributed by atoms with Crippen LogP contribution in [0, 0.1) is 12.8 Å². The third-order valence-corrected chi connectivity index (χ3v) is 6.18. The van der Waals surface area contributed by atoms with Crippen LogP contribution in [0.2, 0.25) is 0 Å². The zero-order valence-corrected chi connectivity index (χ0v) is 18.3. The average Bonchev–Trinajstić information content (AvgIpc) is 3.45. The highest BCUT2D eigenvalue weighted by Crippen LogP contribution is 2.26. The fraction of sp³-hybridized carbons (Fsp3) is 0.320. The van der Waals surface area contributed by atoms with Gasteiger partial charge < -0.3 is 19.1 Å². The van der Waals surface area contributed by atoms with E-state index < -0.39 is 0 Å². The molecule has 5 rings (SSSR count). The molecule has 7 heteroatoms. The van der Waals surface area contributed by atoms with Gasteiger partial charge in [-0.2, -0.15) is 4.98 Å². The first kappa shape index (κ1) is 20.3. The second-order valence-electron chi connectivity index (χ2n) is 8.43. The molecule has 0 radical (unpaired) electrons. The molecule has 0 saturated carbocycles. The minimum atomic E-state index is 0.0241. The molecule has 2 aromatic heterocycles. The van der Waals surface area contributed by atoms with Crippen LogP contribution in [-0.4, -0.2) is 46.1 Å². The number of benzene rings is 2. The molecule has 164 valence electrons. The maximum Gasteiger partial charge on any atom is 0.270 e. The highest BCUT2D eigenvalue weighted by atomic mass is 16.5. The zero-order valence-electron chi connectivity index (χ0n) is 18.3. The van der Waals surface area contributed by atoms with E-state index in [9.17, 15) is 4.79 Å². The van der Waals surface area contributed by atoms with Gasteiger partial charge in [-0.1, -0.05) is 29.4 Å². The van der Waals surface area contributed by atoms with Crippen molar-refractivity contribution < 1.29 is 14.1 Å². The van der Waals surface area contributed by atoms with Crippen molar-refractivity contribution >= 4 is 16.8 Å². The summed E-state index contributed by atoms with van der Waals surface area (Å²) in [7, 11) is 1.64. The number of carbonyl (C=O) groups excluding carboxylic acids is 1.